The van der Waals surface area contributed by atoms with Crippen LogP contribution in [0, 0.1) is 0 Å². The fourth-order valence-corrected chi connectivity index (χ4v) is 3.41. The van der Waals surface area contributed by atoms with Gasteiger partial charge in [0.15, 0.2) is 17.5 Å². The molecule has 0 saturated heterocycles. The van der Waals surface area contributed by atoms with E-state index in [1.54, 1.807) is 13.3 Å². The number of oxazole rings is 1. The molecule has 0 spiro atoms. The first-order chi connectivity index (χ1) is 13.7. The molecule has 0 atom stereocenters. The lowest BCUT2D eigenvalue weighted by atomic mass is 10.2. The molecule has 2 heterocycles. The largest absolute Gasteiger partial charge is 0.454 e. The van der Waals surface area contributed by atoms with Crippen molar-refractivity contribution in [1.82, 2.24) is 15.6 Å². The fourth-order valence-electron chi connectivity index (χ4n) is 2.80. The van der Waals surface area contributed by atoms with Crippen LogP contribution in [0.3, 0.4) is 0 Å². The molecule has 152 valence electrons. The fraction of sp³-hybridized carbons (Fsp3) is 0.200. The molecule has 0 radical (unpaired) electrons. The Labute approximate surface area is 194 Å². The molecular weight excluding hydrogens is 551 g/mol. The number of guanidine groups is 1. The first-order valence-electron chi connectivity index (χ1n) is 8.75. The number of hydrogen-bond donors (Lipinski definition) is 2. The van der Waals surface area contributed by atoms with E-state index in [1.807, 2.05) is 42.5 Å². The van der Waals surface area contributed by atoms with E-state index in [4.69, 9.17) is 13.9 Å². The molecule has 2 aromatic carbocycles. The van der Waals surface area contributed by atoms with Crippen LogP contribution in [0.15, 0.2) is 62.6 Å². The number of nitrogens with one attached hydrogen (secondary N) is 2. The number of benzene rings is 2. The van der Waals surface area contributed by atoms with E-state index in [2.05, 4.69) is 36.5 Å². The third kappa shape index (κ3) is 5.21. The molecule has 0 aliphatic carbocycles. The second kappa shape index (κ2) is 9.97. The molecule has 9 heteroatoms. The summed E-state index contributed by atoms with van der Waals surface area (Å²) in [6.07, 6.45) is 1.65. The topological polar surface area (TPSA) is 80.9 Å². The minimum Gasteiger partial charge on any atom is -0.454 e. The zero-order valence-electron chi connectivity index (χ0n) is 15.6. The average molecular weight is 571 g/mol. The third-order valence-corrected chi connectivity index (χ3v) is 4.77. The van der Waals surface area contributed by atoms with E-state index < -0.39 is 0 Å². The summed E-state index contributed by atoms with van der Waals surface area (Å²) in [6.45, 7) is 1.33. The van der Waals surface area contributed by atoms with Crippen molar-refractivity contribution < 1.29 is 13.9 Å². The van der Waals surface area contributed by atoms with Gasteiger partial charge in [0.1, 0.15) is 6.26 Å². The predicted octanol–water partition coefficient (Wildman–Crippen LogP) is 4.32. The summed E-state index contributed by atoms with van der Waals surface area (Å²) >= 11 is 3.51. The van der Waals surface area contributed by atoms with Crippen LogP contribution in [-0.2, 0) is 13.1 Å². The van der Waals surface area contributed by atoms with Gasteiger partial charge in [-0.3, -0.25) is 4.99 Å². The van der Waals surface area contributed by atoms with Crippen molar-refractivity contribution in [3.8, 4) is 23.0 Å². The van der Waals surface area contributed by atoms with Gasteiger partial charge in [0.2, 0.25) is 12.7 Å². The minimum absolute atomic E-state index is 0. The zero-order chi connectivity index (χ0) is 19.3. The van der Waals surface area contributed by atoms with Gasteiger partial charge in [-0.2, -0.15) is 0 Å². The highest BCUT2D eigenvalue weighted by molar-refractivity contribution is 14.0. The number of hydrogen-bond acceptors (Lipinski definition) is 5. The number of ether oxygens (including phenoxy) is 2. The van der Waals surface area contributed by atoms with E-state index in [0.29, 0.717) is 24.9 Å². The van der Waals surface area contributed by atoms with Crippen LogP contribution in [-0.4, -0.2) is 24.8 Å². The second-order valence-electron chi connectivity index (χ2n) is 6.10. The molecule has 1 aliphatic rings. The van der Waals surface area contributed by atoms with Crippen LogP contribution >= 0.6 is 39.9 Å². The number of fused-ring (bicyclic) bond motifs is 1. The summed E-state index contributed by atoms with van der Waals surface area (Å²) in [5.74, 6) is 2.75. The van der Waals surface area contributed by atoms with Crippen molar-refractivity contribution in [2.75, 3.05) is 13.8 Å². The van der Waals surface area contributed by atoms with Gasteiger partial charge in [-0.15, -0.1) is 24.0 Å². The molecule has 0 saturated carbocycles. The highest BCUT2D eigenvalue weighted by Crippen LogP contribution is 2.39. The van der Waals surface area contributed by atoms with E-state index in [1.165, 1.54) is 0 Å². The van der Waals surface area contributed by atoms with Crippen LogP contribution in [0.25, 0.3) is 11.5 Å². The van der Waals surface area contributed by atoms with E-state index in [-0.39, 0.29) is 30.8 Å². The number of nitrogens with zero attached hydrogens (tertiary/aromatic N) is 2. The molecule has 0 amide bonds. The Kier molecular flexibility index (Phi) is 7.37. The van der Waals surface area contributed by atoms with E-state index in [9.17, 15) is 0 Å². The average Bonchev–Trinajstić information content (AvgIpc) is 3.38. The van der Waals surface area contributed by atoms with Crippen LogP contribution in [0.1, 0.15) is 11.3 Å². The third-order valence-electron chi connectivity index (χ3n) is 4.18. The lowest BCUT2D eigenvalue weighted by Gasteiger charge is -2.11. The van der Waals surface area contributed by atoms with Gasteiger partial charge in [0, 0.05) is 19.2 Å². The number of aliphatic imine (C=N–C) groups is 1. The van der Waals surface area contributed by atoms with Crippen molar-refractivity contribution >= 4 is 45.9 Å². The Morgan fingerprint density at radius 3 is 2.72 bits per heavy atom. The Bertz CT molecular complexity index is 995. The normalized spacial score (nSPS) is 12.4. The molecule has 0 fully saturated rings. The van der Waals surface area contributed by atoms with Crippen LogP contribution in [0.4, 0.5) is 0 Å². The van der Waals surface area contributed by atoms with Crippen molar-refractivity contribution in [1.29, 1.82) is 0 Å². The second-order valence-corrected chi connectivity index (χ2v) is 6.96. The summed E-state index contributed by atoms with van der Waals surface area (Å²) in [7, 11) is 1.73. The van der Waals surface area contributed by atoms with Crippen molar-refractivity contribution in [3.63, 3.8) is 0 Å². The molecule has 0 unspecified atom stereocenters. The Balaban J connectivity index is 0.00000240. The van der Waals surface area contributed by atoms with Gasteiger partial charge in [0.25, 0.3) is 0 Å². The molecule has 4 rings (SSSR count). The Morgan fingerprint density at radius 2 is 1.93 bits per heavy atom. The van der Waals surface area contributed by atoms with Gasteiger partial charge in [-0.25, -0.2) is 4.98 Å². The van der Waals surface area contributed by atoms with Crippen molar-refractivity contribution in [3.05, 3.63) is 64.5 Å². The molecule has 3 aromatic rings. The van der Waals surface area contributed by atoms with Gasteiger partial charge in [0.05, 0.1) is 16.7 Å². The minimum atomic E-state index is 0. The van der Waals surface area contributed by atoms with Gasteiger partial charge < -0.3 is 24.5 Å². The van der Waals surface area contributed by atoms with Crippen LogP contribution in [0.5, 0.6) is 11.5 Å². The maximum atomic E-state index is 5.56. The van der Waals surface area contributed by atoms with Gasteiger partial charge >= 0.3 is 0 Å². The molecule has 1 aromatic heterocycles. The summed E-state index contributed by atoms with van der Waals surface area (Å²) < 4.78 is 17.3. The first-order valence-corrected chi connectivity index (χ1v) is 9.54. The Morgan fingerprint density at radius 1 is 1.14 bits per heavy atom. The predicted molar refractivity (Wildman–Crippen MR) is 125 cm³/mol. The highest BCUT2D eigenvalue weighted by Gasteiger charge is 2.18. The molecule has 2 N–H and O–H groups in total. The van der Waals surface area contributed by atoms with Gasteiger partial charge in [-0.05, 0) is 45.8 Å². The molecule has 7 nitrogen and oxygen atoms in total. The molecule has 29 heavy (non-hydrogen) atoms. The zero-order valence-corrected chi connectivity index (χ0v) is 19.6. The summed E-state index contributed by atoms with van der Waals surface area (Å²) in [5.41, 5.74) is 2.80. The van der Waals surface area contributed by atoms with Crippen molar-refractivity contribution in [2.24, 2.45) is 4.99 Å². The standard InChI is InChI=1S/C20H19BrN4O3.HI/c1-22-20(23-9-13-7-16(21)18-17(8-13)27-12-28-18)24-10-15-11-26-19(25-15)14-5-3-2-4-6-14;/h2-8,11H,9-10,12H2,1H3,(H2,22,23,24);1H. The Hall–Kier alpha value is -2.27. The maximum Gasteiger partial charge on any atom is 0.231 e. The number of aromatic nitrogens is 1. The lowest BCUT2D eigenvalue weighted by Crippen LogP contribution is -2.36. The van der Waals surface area contributed by atoms with Crippen LogP contribution in [0.2, 0.25) is 0 Å². The summed E-state index contributed by atoms with van der Waals surface area (Å²) in [5, 5.41) is 6.51. The molecule has 1 aliphatic heterocycles. The quantitative estimate of drug-likeness (QED) is 0.270. The van der Waals surface area contributed by atoms with E-state index in [0.717, 1.165) is 32.8 Å². The maximum absolute atomic E-state index is 5.56. The van der Waals surface area contributed by atoms with Gasteiger partial charge in [-0.1, -0.05) is 18.2 Å². The number of rotatable bonds is 5. The molecule has 0 bridgehead atoms. The lowest BCUT2D eigenvalue weighted by molar-refractivity contribution is 0.173. The summed E-state index contributed by atoms with van der Waals surface area (Å²) in [4.78, 5) is 8.75. The first kappa shape index (κ1) is 21.4. The monoisotopic (exact) mass is 570 g/mol. The van der Waals surface area contributed by atoms with Crippen LogP contribution < -0.4 is 20.1 Å². The number of halogens is 2. The molecular formula is C20H20BrIN4O3. The highest BCUT2D eigenvalue weighted by atomic mass is 127. The SMILES string of the molecule is CN=C(NCc1cc(Br)c2c(c1)OCO2)NCc1coc(-c2ccccc2)n1.I. The van der Waals surface area contributed by atoms with Crippen molar-refractivity contribution in [2.45, 2.75) is 13.1 Å². The van der Waals surface area contributed by atoms with E-state index >= 15 is 0 Å². The summed E-state index contributed by atoms with van der Waals surface area (Å²) in [6, 6.07) is 13.8. The smallest absolute Gasteiger partial charge is 0.231 e.